The molecule has 1 unspecified atom stereocenters. The van der Waals surface area contributed by atoms with Gasteiger partial charge in [0.1, 0.15) is 0 Å². The SMILES string of the molecule is CC(C)(CCl)C(=O)NCCC(=O)NC1CCCc2ccccc21. The highest BCUT2D eigenvalue weighted by Gasteiger charge is 2.26. The molecule has 0 saturated carbocycles. The van der Waals surface area contributed by atoms with Gasteiger partial charge in [0.05, 0.1) is 11.5 Å². The molecule has 1 aliphatic carbocycles. The lowest BCUT2D eigenvalue weighted by Gasteiger charge is -2.26. The molecule has 2 rings (SSSR count). The van der Waals surface area contributed by atoms with Gasteiger partial charge in [0.2, 0.25) is 11.8 Å². The molecule has 0 radical (unpaired) electrons. The Labute approximate surface area is 143 Å². The molecule has 5 heteroatoms. The zero-order valence-electron chi connectivity index (χ0n) is 13.8. The Bertz CT molecular complexity index is 572. The Balaban J connectivity index is 1.81. The molecule has 4 nitrogen and oxygen atoms in total. The van der Waals surface area contributed by atoms with Crippen molar-refractivity contribution in [3.8, 4) is 0 Å². The number of hydrogen-bond donors (Lipinski definition) is 2. The Hall–Kier alpha value is -1.55. The van der Waals surface area contributed by atoms with Gasteiger partial charge in [-0.3, -0.25) is 9.59 Å². The Morgan fingerprint density at radius 2 is 2.04 bits per heavy atom. The second kappa shape index (κ2) is 7.82. The molecule has 2 amide bonds. The largest absolute Gasteiger partial charge is 0.355 e. The molecule has 23 heavy (non-hydrogen) atoms. The van der Waals surface area contributed by atoms with E-state index < -0.39 is 5.41 Å². The lowest BCUT2D eigenvalue weighted by Crippen LogP contribution is -2.40. The quantitative estimate of drug-likeness (QED) is 0.785. The van der Waals surface area contributed by atoms with Crippen LogP contribution in [-0.2, 0) is 16.0 Å². The van der Waals surface area contributed by atoms with Crippen molar-refractivity contribution in [2.45, 2.75) is 45.6 Å². The van der Waals surface area contributed by atoms with Gasteiger partial charge >= 0.3 is 0 Å². The number of carbonyl (C=O) groups is 2. The molecule has 2 N–H and O–H groups in total. The molecule has 0 spiro atoms. The maximum Gasteiger partial charge on any atom is 0.226 e. The minimum Gasteiger partial charge on any atom is -0.355 e. The first-order chi connectivity index (χ1) is 10.9. The van der Waals surface area contributed by atoms with E-state index >= 15 is 0 Å². The van der Waals surface area contributed by atoms with Gasteiger partial charge in [-0.15, -0.1) is 11.6 Å². The van der Waals surface area contributed by atoms with Crippen molar-refractivity contribution in [2.24, 2.45) is 5.41 Å². The van der Waals surface area contributed by atoms with Crippen molar-refractivity contribution in [1.82, 2.24) is 10.6 Å². The van der Waals surface area contributed by atoms with Crippen LogP contribution < -0.4 is 10.6 Å². The van der Waals surface area contributed by atoms with Crippen LogP contribution in [0.2, 0.25) is 0 Å². The van der Waals surface area contributed by atoms with E-state index in [4.69, 9.17) is 11.6 Å². The van der Waals surface area contributed by atoms with Gasteiger partial charge in [-0.05, 0) is 44.2 Å². The van der Waals surface area contributed by atoms with Crippen LogP contribution in [0.5, 0.6) is 0 Å². The van der Waals surface area contributed by atoms with Gasteiger partial charge in [-0.2, -0.15) is 0 Å². The second-order valence-electron chi connectivity index (χ2n) is 6.73. The Kier molecular flexibility index (Phi) is 6.05. The summed E-state index contributed by atoms with van der Waals surface area (Å²) in [7, 11) is 0. The van der Waals surface area contributed by atoms with Gasteiger partial charge in [-0.25, -0.2) is 0 Å². The number of amides is 2. The van der Waals surface area contributed by atoms with Gasteiger partial charge in [0, 0.05) is 18.8 Å². The molecule has 0 heterocycles. The zero-order chi connectivity index (χ0) is 16.9. The maximum atomic E-state index is 12.1. The Morgan fingerprint density at radius 1 is 1.30 bits per heavy atom. The number of aryl methyl sites for hydroxylation is 1. The molecular weight excluding hydrogens is 312 g/mol. The van der Waals surface area contributed by atoms with E-state index in [1.807, 2.05) is 12.1 Å². The molecule has 0 bridgehead atoms. The van der Waals surface area contributed by atoms with Crippen LogP contribution in [0.4, 0.5) is 0 Å². The summed E-state index contributed by atoms with van der Waals surface area (Å²) in [4.78, 5) is 24.0. The summed E-state index contributed by atoms with van der Waals surface area (Å²) in [5.41, 5.74) is 1.93. The highest BCUT2D eigenvalue weighted by Crippen LogP contribution is 2.29. The smallest absolute Gasteiger partial charge is 0.226 e. The van der Waals surface area contributed by atoms with Crippen LogP contribution >= 0.6 is 11.6 Å². The summed E-state index contributed by atoms with van der Waals surface area (Å²) in [5, 5.41) is 5.86. The average Bonchev–Trinajstić information content (AvgIpc) is 2.55. The van der Waals surface area contributed by atoms with E-state index in [0.717, 1.165) is 19.3 Å². The first-order valence-electron chi connectivity index (χ1n) is 8.15. The van der Waals surface area contributed by atoms with E-state index in [-0.39, 0.29) is 30.2 Å². The normalized spacial score (nSPS) is 17.3. The number of alkyl halides is 1. The van der Waals surface area contributed by atoms with Crippen molar-refractivity contribution in [2.75, 3.05) is 12.4 Å². The van der Waals surface area contributed by atoms with E-state index in [9.17, 15) is 9.59 Å². The van der Waals surface area contributed by atoms with Gasteiger partial charge in [-0.1, -0.05) is 24.3 Å². The van der Waals surface area contributed by atoms with E-state index in [1.54, 1.807) is 13.8 Å². The van der Waals surface area contributed by atoms with Crippen molar-refractivity contribution in [1.29, 1.82) is 0 Å². The first kappa shape index (κ1) is 17.8. The fraction of sp³-hybridized carbons (Fsp3) is 0.556. The molecule has 0 aromatic heterocycles. The van der Waals surface area contributed by atoms with Gasteiger partial charge in [0.15, 0.2) is 0 Å². The summed E-state index contributed by atoms with van der Waals surface area (Å²) in [5.74, 6) is 0.100. The second-order valence-corrected chi connectivity index (χ2v) is 7.00. The Morgan fingerprint density at radius 3 is 2.78 bits per heavy atom. The van der Waals surface area contributed by atoms with E-state index in [0.29, 0.717) is 6.54 Å². The fourth-order valence-corrected chi connectivity index (χ4v) is 2.88. The van der Waals surface area contributed by atoms with Crippen LogP contribution in [-0.4, -0.2) is 24.2 Å². The molecule has 1 aromatic carbocycles. The number of benzene rings is 1. The topological polar surface area (TPSA) is 58.2 Å². The molecule has 1 aliphatic rings. The maximum absolute atomic E-state index is 12.1. The van der Waals surface area contributed by atoms with Crippen LogP contribution in [0.15, 0.2) is 24.3 Å². The number of carbonyl (C=O) groups excluding carboxylic acids is 2. The molecule has 0 fully saturated rings. The third kappa shape index (κ3) is 4.71. The standard InChI is InChI=1S/C18H25ClN2O2/c1-18(2,12-19)17(23)20-11-10-16(22)21-15-9-5-7-13-6-3-4-8-14(13)15/h3-4,6,8,15H,5,7,9-12H2,1-2H3,(H,20,23)(H,21,22). The average molecular weight is 337 g/mol. The predicted octanol–water partition coefficient (Wildman–Crippen LogP) is 2.95. The van der Waals surface area contributed by atoms with Crippen LogP contribution in [0, 0.1) is 5.41 Å². The van der Waals surface area contributed by atoms with E-state index in [1.165, 1.54) is 11.1 Å². The number of rotatable bonds is 6. The number of halogens is 1. The molecule has 1 atom stereocenters. The third-order valence-corrected chi connectivity index (χ3v) is 4.96. The van der Waals surface area contributed by atoms with Crippen LogP contribution in [0.3, 0.4) is 0 Å². The fourth-order valence-electron chi connectivity index (χ4n) is 2.76. The van der Waals surface area contributed by atoms with Crippen LogP contribution in [0.1, 0.15) is 50.3 Å². The highest BCUT2D eigenvalue weighted by atomic mass is 35.5. The molecule has 1 aromatic rings. The van der Waals surface area contributed by atoms with Crippen molar-refractivity contribution >= 4 is 23.4 Å². The molecular formula is C18H25ClN2O2. The number of hydrogen-bond acceptors (Lipinski definition) is 2. The summed E-state index contributed by atoms with van der Waals surface area (Å²) < 4.78 is 0. The predicted molar refractivity (Wildman–Crippen MR) is 92.4 cm³/mol. The summed E-state index contributed by atoms with van der Waals surface area (Å²) >= 11 is 5.77. The monoisotopic (exact) mass is 336 g/mol. The lowest BCUT2D eigenvalue weighted by molar-refractivity contribution is -0.128. The molecule has 0 saturated heterocycles. The summed E-state index contributed by atoms with van der Waals surface area (Å²) in [6.45, 7) is 3.90. The van der Waals surface area contributed by atoms with E-state index in [2.05, 4.69) is 22.8 Å². The molecule has 126 valence electrons. The van der Waals surface area contributed by atoms with Gasteiger partial charge in [0.25, 0.3) is 0 Å². The number of nitrogens with one attached hydrogen (secondary N) is 2. The van der Waals surface area contributed by atoms with Crippen molar-refractivity contribution < 1.29 is 9.59 Å². The van der Waals surface area contributed by atoms with Gasteiger partial charge < -0.3 is 10.6 Å². The van der Waals surface area contributed by atoms with Crippen molar-refractivity contribution in [3.05, 3.63) is 35.4 Å². The molecule has 0 aliphatic heterocycles. The number of fused-ring (bicyclic) bond motifs is 1. The zero-order valence-corrected chi connectivity index (χ0v) is 14.6. The lowest BCUT2D eigenvalue weighted by atomic mass is 9.87. The minimum atomic E-state index is -0.611. The first-order valence-corrected chi connectivity index (χ1v) is 8.69. The summed E-state index contributed by atoms with van der Waals surface area (Å²) in [6.07, 6.45) is 3.41. The summed E-state index contributed by atoms with van der Waals surface area (Å²) in [6, 6.07) is 8.35. The van der Waals surface area contributed by atoms with Crippen molar-refractivity contribution in [3.63, 3.8) is 0 Å². The highest BCUT2D eigenvalue weighted by molar-refractivity contribution is 6.19. The third-order valence-electron chi connectivity index (χ3n) is 4.29. The van der Waals surface area contributed by atoms with Crippen LogP contribution in [0.25, 0.3) is 0 Å². The minimum absolute atomic E-state index is 0.0318.